The number of benzene rings is 1. The number of aromatic nitrogens is 1. The molecular formula is C12H13N5O. The summed E-state index contributed by atoms with van der Waals surface area (Å²) in [5.74, 6) is 0.555. The van der Waals surface area contributed by atoms with Crippen molar-refractivity contribution >= 4 is 5.69 Å². The van der Waals surface area contributed by atoms with Crippen molar-refractivity contribution in [2.45, 2.75) is 6.54 Å². The molecule has 2 rings (SSSR count). The lowest BCUT2D eigenvalue weighted by atomic mass is 10.1. The molecule has 0 N–H and O–H groups in total. The second-order valence-corrected chi connectivity index (χ2v) is 4.01. The van der Waals surface area contributed by atoms with Crippen molar-refractivity contribution in [2.75, 3.05) is 19.0 Å². The molecule has 0 atom stereocenters. The maximum Gasteiger partial charge on any atom is 0.143 e. The minimum absolute atomic E-state index is 0.180. The van der Waals surface area contributed by atoms with Gasteiger partial charge in [-0.3, -0.25) is 0 Å². The van der Waals surface area contributed by atoms with Gasteiger partial charge < -0.3 is 9.42 Å². The van der Waals surface area contributed by atoms with Gasteiger partial charge in [0.2, 0.25) is 0 Å². The predicted octanol–water partition coefficient (Wildman–Crippen LogP) is 3.22. The van der Waals surface area contributed by atoms with Crippen LogP contribution in [0.4, 0.5) is 5.69 Å². The first kappa shape index (κ1) is 12.0. The molecule has 0 amide bonds. The number of nitrogens with zero attached hydrogens (tertiary/aromatic N) is 5. The van der Waals surface area contributed by atoms with Crippen LogP contribution in [0.25, 0.3) is 21.7 Å². The molecule has 0 spiro atoms. The summed E-state index contributed by atoms with van der Waals surface area (Å²) in [6.45, 7) is 0.180. The summed E-state index contributed by atoms with van der Waals surface area (Å²) >= 11 is 0. The standard InChI is InChI=1S/C12H13N5O/c1-17(2)10-5-3-9(4-6-10)12-7-11(18-15-12)8-14-16-13/h3-7H,8H2,1-2H3. The average molecular weight is 243 g/mol. The van der Waals surface area contributed by atoms with Gasteiger partial charge >= 0.3 is 0 Å². The lowest BCUT2D eigenvalue weighted by Crippen LogP contribution is -2.07. The van der Waals surface area contributed by atoms with Gasteiger partial charge in [-0.2, -0.15) is 0 Å². The van der Waals surface area contributed by atoms with E-state index in [4.69, 9.17) is 10.1 Å². The minimum Gasteiger partial charge on any atom is -0.378 e. The molecule has 1 heterocycles. The lowest BCUT2D eigenvalue weighted by Gasteiger charge is -2.11. The van der Waals surface area contributed by atoms with Gasteiger partial charge in [0, 0.05) is 36.3 Å². The zero-order chi connectivity index (χ0) is 13.0. The third kappa shape index (κ3) is 2.61. The molecule has 0 unspecified atom stereocenters. The largest absolute Gasteiger partial charge is 0.378 e. The number of hydrogen-bond acceptors (Lipinski definition) is 4. The molecule has 92 valence electrons. The summed E-state index contributed by atoms with van der Waals surface area (Å²) in [5, 5.41) is 7.37. The fraction of sp³-hybridized carbons (Fsp3) is 0.250. The normalized spacial score (nSPS) is 9.89. The molecule has 6 heteroatoms. The van der Waals surface area contributed by atoms with Crippen molar-refractivity contribution in [3.63, 3.8) is 0 Å². The highest BCUT2D eigenvalue weighted by atomic mass is 16.5. The summed E-state index contributed by atoms with van der Waals surface area (Å²) in [7, 11) is 3.98. The fourth-order valence-corrected chi connectivity index (χ4v) is 1.56. The maximum absolute atomic E-state index is 8.23. The van der Waals surface area contributed by atoms with Crippen molar-refractivity contribution in [1.82, 2.24) is 5.16 Å². The average Bonchev–Trinajstić information content (AvgIpc) is 2.85. The molecule has 1 aromatic carbocycles. The third-order valence-corrected chi connectivity index (χ3v) is 2.53. The fourth-order valence-electron chi connectivity index (χ4n) is 1.56. The van der Waals surface area contributed by atoms with Crippen LogP contribution >= 0.6 is 0 Å². The van der Waals surface area contributed by atoms with Crippen LogP contribution in [0.3, 0.4) is 0 Å². The Bertz CT molecular complexity index is 566. The second kappa shape index (κ2) is 5.25. The Kier molecular flexibility index (Phi) is 3.50. The molecule has 0 aliphatic carbocycles. The van der Waals surface area contributed by atoms with E-state index in [2.05, 4.69) is 15.2 Å². The summed E-state index contributed by atoms with van der Waals surface area (Å²) in [5.41, 5.74) is 11.1. The highest BCUT2D eigenvalue weighted by molar-refractivity contribution is 5.62. The number of azide groups is 1. The van der Waals surface area contributed by atoms with E-state index in [0.29, 0.717) is 5.76 Å². The van der Waals surface area contributed by atoms with Gasteiger partial charge in [-0.15, -0.1) is 0 Å². The first-order valence-electron chi connectivity index (χ1n) is 5.45. The molecule has 0 radical (unpaired) electrons. The third-order valence-electron chi connectivity index (χ3n) is 2.53. The van der Waals surface area contributed by atoms with E-state index in [1.165, 1.54) is 0 Å². The molecule has 0 bridgehead atoms. The first-order chi connectivity index (χ1) is 8.70. The Balaban J connectivity index is 2.20. The van der Waals surface area contributed by atoms with E-state index < -0.39 is 0 Å². The van der Waals surface area contributed by atoms with Crippen LogP contribution in [-0.2, 0) is 6.54 Å². The highest BCUT2D eigenvalue weighted by Gasteiger charge is 2.06. The molecule has 0 saturated heterocycles. The quantitative estimate of drug-likeness (QED) is 0.470. The van der Waals surface area contributed by atoms with Crippen LogP contribution in [0.15, 0.2) is 40.0 Å². The van der Waals surface area contributed by atoms with Crippen LogP contribution in [0.1, 0.15) is 5.76 Å². The van der Waals surface area contributed by atoms with Crippen molar-refractivity contribution < 1.29 is 4.52 Å². The van der Waals surface area contributed by atoms with Gasteiger partial charge in [0.05, 0.1) is 6.54 Å². The van der Waals surface area contributed by atoms with E-state index >= 15 is 0 Å². The van der Waals surface area contributed by atoms with E-state index in [0.717, 1.165) is 16.9 Å². The summed E-state index contributed by atoms with van der Waals surface area (Å²) in [6.07, 6.45) is 0. The minimum atomic E-state index is 0.180. The van der Waals surface area contributed by atoms with Gasteiger partial charge in [-0.05, 0) is 17.7 Å². The highest BCUT2D eigenvalue weighted by Crippen LogP contribution is 2.22. The number of rotatable bonds is 4. The van der Waals surface area contributed by atoms with Gasteiger partial charge in [0.1, 0.15) is 11.5 Å². The molecular weight excluding hydrogens is 230 g/mol. The molecule has 0 aliphatic heterocycles. The zero-order valence-corrected chi connectivity index (χ0v) is 10.2. The van der Waals surface area contributed by atoms with E-state index in [1.807, 2.05) is 43.3 Å². The van der Waals surface area contributed by atoms with Crippen molar-refractivity contribution in [2.24, 2.45) is 5.11 Å². The van der Waals surface area contributed by atoms with Crippen LogP contribution in [-0.4, -0.2) is 19.3 Å². The molecule has 6 nitrogen and oxygen atoms in total. The Morgan fingerprint density at radius 2 is 2.06 bits per heavy atom. The number of anilines is 1. The first-order valence-corrected chi connectivity index (χ1v) is 5.45. The van der Waals surface area contributed by atoms with Gasteiger partial charge in [-0.25, -0.2) is 0 Å². The summed E-state index contributed by atoms with van der Waals surface area (Å²) in [4.78, 5) is 4.70. The maximum atomic E-state index is 8.23. The van der Waals surface area contributed by atoms with Crippen LogP contribution in [0.5, 0.6) is 0 Å². The van der Waals surface area contributed by atoms with Gasteiger partial charge in [0.25, 0.3) is 0 Å². The summed E-state index contributed by atoms with van der Waals surface area (Å²) < 4.78 is 5.07. The number of hydrogen-bond donors (Lipinski definition) is 0. The van der Waals surface area contributed by atoms with Crippen molar-refractivity contribution in [3.8, 4) is 11.3 Å². The zero-order valence-electron chi connectivity index (χ0n) is 10.2. The lowest BCUT2D eigenvalue weighted by molar-refractivity contribution is 0.387. The van der Waals surface area contributed by atoms with E-state index in [1.54, 1.807) is 6.07 Å². The molecule has 0 saturated carbocycles. The molecule has 0 fully saturated rings. The second-order valence-electron chi connectivity index (χ2n) is 4.01. The van der Waals surface area contributed by atoms with Gasteiger partial charge in [-0.1, -0.05) is 22.4 Å². The predicted molar refractivity (Wildman–Crippen MR) is 69.1 cm³/mol. The Morgan fingerprint density at radius 3 is 2.67 bits per heavy atom. The molecule has 0 aliphatic rings. The van der Waals surface area contributed by atoms with Crippen LogP contribution < -0.4 is 4.90 Å². The molecule has 2 aromatic rings. The van der Waals surface area contributed by atoms with Gasteiger partial charge in [0.15, 0.2) is 0 Å². The summed E-state index contributed by atoms with van der Waals surface area (Å²) in [6, 6.07) is 9.75. The van der Waals surface area contributed by atoms with Crippen molar-refractivity contribution in [3.05, 3.63) is 46.5 Å². The monoisotopic (exact) mass is 243 g/mol. The smallest absolute Gasteiger partial charge is 0.143 e. The van der Waals surface area contributed by atoms with Crippen LogP contribution in [0, 0.1) is 0 Å². The van der Waals surface area contributed by atoms with E-state index in [9.17, 15) is 0 Å². The van der Waals surface area contributed by atoms with Crippen LogP contribution in [0.2, 0.25) is 0 Å². The topological polar surface area (TPSA) is 78.0 Å². The molecule has 1 aromatic heterocycles. The molecule has 18 heavy (non-hydrogen) atoms. The Labute approximate surface area is 104 Å². The SMILES string of the molecule is CN(C)c1ccc(-c2cc(CN=[N+]=[N-])on2)cc1. The van der Waals surface area contributed by atoms with Crippen molar-refractivity contribution in [1.29, 1.82) is 0 Å². The Hall–Kier alpha value is -2.46. The Morgan fingerprint density at radius 1 is 1.33 bits per heavy atom. The van der Waals surface area contributed by atoms with E-state index in [-0.39, 0.29) is 6.54 Å².